The second-order valence-electron chi connectivity index (χ2n) is 8.07. The summed E-state index contributed by atoms with van der Waals surface area (Å²) in [5.74, 6) is 0.102. The van der Waals surface area contributed by atoms with E-state index < -0.39 is 5.41 Å². The molecular formula is C20H24O4. The Bertz CT molecular complexity index is 689. The number of hydrogen-bond acceptors (Lipinski definition) is 4. The quantitative estimate of drug-likeness (QED) is 0.475. The first-order valence-electron chi connectivity index (χ1n) is 8.88. The molecule has 2 saturated carbocycles. The van der Waals surface area contributed by atoms with E-state index in [4.69, 9.17) is 9.15 Å². The number of cyclic esters (lactones) is 1. The highest BCUT2D eigenvalue weighted by atomic mass is 16.5. The number of carbonyl (C=O) groups excluding carboxylic acids is 2. The van der Waals surface area contributed by atoms with Crippen LogP contribution in [-0.2, 0) is 9.53 Å². The van der Waals surface area contributed by atoms with Crippen molar-refractivity contribution in [2.24, 2.45) is 22.7 Å². The summed E-state index contributed by atoms with van der Waals surface area (Å²) in [5, 5.41) is 0. The second-order valence-corrected chi connectivity index (χ2v) is 8.07. The molecule has 24 heavy (non-hydrogen) atoms. The van der Waals surface area contributed by atoms with Gasteiger partial charge in [-0.25, -0.2) is 0 Å². The average Bonchev–Trinajstić information content (AvgIpc) is 3.09. The Balaban J connectivity index is 1.72. The fourth-order valence-electron chi connectivity index (χ4n) is 5.62. The first-order valence-corrected chi connectivity index (χ1v) is 8.88. The molecule has 3 aliphatic rings. The standard InChI is InChI=1S/C20H24O4/c1-13-4-5-17-19(2)7-3-8-20(17,18(22)24-12-19)15(13)10-16(21)14-6-9-23-11-14/h6,9,11,15,17H,1,3-5,7-8,10,12H2,2H3/t15-,17?,19+,20-/m1/s1. The highest BCUT2D eigenvalue weighted by Gasteiger charge is 2.64. The molecule has 4 nitrogen and oxygen atoms in total. The lowest BCUT2D eigenvalue weighted by Crippen LogP contribution is -2.62. The number of ether oxygens (including phenoxy) is 1. The summed E-state index contributed by atoms with van der Waals surface area (Å²) in [6.45, 7) is 7.01. The summed E-state index contributed by atoms with van der Waals surface area (Å²) in [6.07, 6.45) is 8.13. The number of allylic oxidation sites excluding steroid dienone is 1. The van der Waals surface area contributed by atoms with Gasteiger partial charge in [-0.3, -0.25) is 9.59 Å². The number of esters is 1. The van der Waals surface area contributed by atoms with Crippen molar-refractivity contribution in [3.63, 3.8) is 0 Å². The summed E-state index contributed by atoms with van der Waals surface area (Å²) in [5.41, 5.74) is 1.10. The van der Waals surface area contributed by atoms with Crippen LogP contribution in [0.1, 0.15) is 55.8 Å². The smallest absolute Gasteiger partial charge is 0.313 e. The van der Waals surface area contributed by atoms with Crippen LogP contribution in [0.25, 0.3) is 0 Å². The van der Waals surface area contributed by atoms with Gasteiger partial charge in [-0.2, -0.15) is 0 Å². The van der Waals surface area contributed by atoms with Crippen LogP contribution in [0.2, 0.25) is 0 Å². The maximum atomic E-state index is 12.9. The normalized spacial score (nSPS) is 38.4. The van der Waals surface area contributed by atoms with E-state index in [1.807, 2.05) is 0 Å². The summed E-state index contributed by atoms with van der Waals surface area (Å²) in [4.78, 5) is 25.6. The Morgan fingerprint density at radius 2 is 2.25 bits per heavy atom. The molecule has 2 heterocycles. The molecule has 128 valence electrons. The third-order valence-electron chi connectivity index (χ3n) is 6.82. The highest BCUT2D eigenvalue weighted by Crippen LogP contribution is 2.64. The SMILES string of the molecule is C=C1CCC2[C@@]3(C)CCC[C@@]2(C(=O)OC3)[C@@H]1CC(=O)c1ccoc1. The van der Waals surface area contributed by atoms with Gasteiger partial charge in [-0.05, 0) is 37.7 Å². The molecule has 4 atom stereocenters. The van der Waals surface area contributed by atoms with E-state index in [-0.39, 0.29) is 23.1 Å². The van der Waals surface area contributed by atoms with Crippen molar-refractivity contribution in [3.05, 3.63) is 36.3 Å². The average molecular weight is 328 g/mol. The van der Waals surface area contributed by atoms with E-state index in [0.29, 0.717) is 24.5 Å². The minimum atomic E-state index is -0.556. The molecule has 2 aliphatic carbocycles. The molecule has 4 rings (SSSR count). The molecule has 1 aromatic heterocycles. The van der Waals surface area contributed by atoms with Crippen molar-refractivity contribution < 1.29 is 18.7 Å². The lowest BCUT2D eigenvalue weighted by molar-refractivity contribution is -0.207. The zero-order chi connectivity index (χ0) is 16.9. The van der Waals surface area contributed by atoms with Crippen LogP contribution in [0.4, 0.5) is 0 Å². The van der Waals surface area contributed by atoms with Gasteiger partial charge >= 0.3 is 5.97 Å². The molecule has 1 aliphatic heterocycles. The molecule has 0 radical (unpaired) electrons. The lowest BCUT2D eigenvalue weighted by atomic mass is 9.45. The van der Waals surface area contributed by atoms with Gasteiger partial charge in [0.25, 0.3) is 0 Å². The maximum Gasteiger partial charge on any atom is 0.313 e. The Hall–Kier alpha value is -1.84. The van der Waals surface area contributed by atoms with Crippen molar-refractivity contribution in [2.75, 3.05) is 6.61 Å². The molecule has 0 N–H and O–H groups in total. The maximum absolute atomic E-state index is 12.9. The van der Waals surface area contributed by atoms with Gasteiger partial charge in [0, 0.05) is 17.8 Å². The number of carbonyl (C=O) groups is 2. The van der Waals surface area contributed by atoms with E-state index in [0.717, 1.165) is 37.7 Å². The Kier molecular flexibility index (Phi) is 3.48. The minimum absolute atomic E-state index is 0.0237. The number of furan rings is 1. The fraction of sp³-hybridized carbons (Fsp3) is 0.600. The Labute approximate surface area is 142 Å². The van der Waals surface area contributed by atoms with Gasteiger partial charge in [-0.15, -0.1) is 0 Å². The van der Waals surface area contributed by atoms with Crippen LogP contribution in [-0.4, -0.2) is 18.4 Å². The highest BCUT2D eigenvalue weighted by molar-refractivity contribution is 5.96. The molecule has 0 spiro atoms. The second kappa shape index (κ2) is 5.33. The predicted octanol–water partition coefficient (Wildman–Crippen LogP) is 4.17. The number of hydrogen-bond donors (Lipinski definition) is 0. The van der Waals surface area contributed by atoms with Gasteiger partial charge in [-0.1, -0.05) is 25.5 Å². The van der Waals surface area contributed by atoms with Crippen molar-refractivity contribution in [2.45, 2.75) is 45.4 Å². The van der Waals surface area contributed by atoms with Crippen LogP contribution in [0.15, 0.2) is 35.2 Å². The molecule has 0 amide bonds. The molecule has 3 fully saturated rings. The van der Waals surface area contributed by atoms with Crippen LogP contribution in [0.3, 0.4) is 0 Å². The van der Waals surface area contributed by atoms with E-state index in [9.17, 15) is 9.59 Å². The third-order valence-corrected chi connectivity index (χ3v) is 6.82. The van der Waals surface area contributed by atoms with Crippen LogP contribution in [0, 0.1) is 22.7 Å². The van der Waals surface area contributed by atoms with Crippen molar-refractivity contribution >= 4 is 11.8 Å². The molecule has 1 unspecified atom stereocenters. The van der Waals surface area contributed by atoms with Crippen molar-refractivity contribution in [1.29, 1.82) is 0 Å². The summed E-state index contributed by atoms with van der Waals surface area (Å²) < 4.78 is 10.7. The molecule has 1 aromatic rings. The minimum Gasteiger partial charge on any atom is -0.472 e. The summed E-state index contributed by atoms with van der Waals surface area (Å²) in [7, 11) is 0. The van der Waals surface area contributed by atoms with E-state index in [1.54, 1.807) is 6.07 Å². The number of Topliss-reactive ketones (excluding diaryl/α,β-unsaturated/α-hetero) is 1. The third kappa shape index (κ3) is 2.04. The van der Waals surface area contributed by atoms with Crippen LogP contribution < -0.4 is 0 Å². The Morgan fingerprint density at radius 3 is 3.00 bits per heavy atom. The monoisotopic (exact) mass is 328 g/mol. The van der Waals surface area contributed by atoms with E-state index in [2.05, 4.69) is 13.5 Å². The van der Waals surface area contributed by atoms with Crippen molar-refractivity contribution in [1.82, 2.24) is 0 Å². The lowest BCUT2D eigenvalue weighted by Gasteiger charge is -2.60. The Morgan fingerprint density at radius 1 is 1.42 bits per heavy atom. The van der Waals surface area contributed by atoms with E-state index in [1.165, 1.54) is 12.5 Å². The van der Waals surface area contributed by atoms with Gasteiger partial charge in [0.2, 0.25) is 0 Å². The van der Waals surface area contributed by atoms with Crippen LogP contribution >= 0.6 is 0 Å². The zero-order valence-corrected chi connectivity index (χ0v) is 14.2. The largest absolute Gasteiger partial charge is 0.472 e. The molecule has 0 aromatic carbocycles. The van der Waals surface area contributed by atoms with Gasteiger partial charge in [0.15, 0.2) is 5.78 Å². The van der Waals surface area contributed by atoms with Gasteiger partial charge in [0.05, 0.1) is 23.8 Å². The predicted molar refractivity (Wildman–Crippen MR) is 88.4 cm³/mol. The topological polar surface area (TPSA) is 56.5 Å². The van der Waals surface area contributed by atoms with Gasteiger partial charge in [0.1, 0.15) is 6.26 Å². The molecule has 2 bridgehead atoms. The first-order chi connectivity index (χ1) is 11.5. The summed E-state index contributed by atoms with van der Waals surface area (Å²) >= 11 is 0. The zero-order valence-electron chi connectivity index (χ0n) is 14.2. The molecule has 4 heteroatoms. The summed E-state index contributed by atoms with van der Waals surface area (Å²) in [6, 6.07) is 1.69. The first kappa shape index (κ1) is 15.7. The van der Waals surface area contributed by atoms with Crippen molar-refractivity contribution in [3.8, 4) is 0 Å². The molecule has 1 saturated heterocycles. The molecular weight excluding hydrogens is 304 g/mol. The fourth-order valence-corrected chi connectivity index (χ4v) is 5.62. The number of ketones is 1. The van der Waals surface area contributed by atoms with Crippen LogP contribution in [0.5, 0.6) is 0 Å². The van der Waals surface area contributed by atoms with Gasteiger partial charge < -0.3 is 9.15 Å². The number of rotatable bonds is 3. The van der Waals surface area contributed by atoms with E-state index >= 15 is 0 Å².